The molecule has 0 amide bonds. The fraction of sp³-hybridized carbons (Fsp3) is 0.368. The Balaban J connectivity index is 0.00000144. The normalized spacial score (nSPS) is 15.4. The van der Waals surface area contributed by atoms with Crippen molar-refractivity contribution in [2.24, 2.45) is 0 Å². The molecule has 2 aromatic carbocycles. The average molecular weight is 368 g/mol. The molecule has 0 radical (unpaired) electrons. The second-order valence-electron chi connectivity index (χ2n) is 6.29. The molecule has 3 rings (SSSR count). The van der Waals surface area contributed by atoms with Crippen molar-refractivity contribution in [3.8, 4) is 0 Å². The first-order valence-electron chi connectivity index (χ1n) is 8.04. The van der Waals surface area contributed by atoms with Gasteiger partial charge in [0.25, 0.3) is 0 Å². The minimum absolute atomic E-state index is 0. The van der Waals surface area contributed by atoms with E-state index in [0.717, 1.165) is 45.0 Å². The van der Waals surface area contributed by atoms with Gasteiger partial charge < -0.3 is 5.73 Å². The molecule has 0 atom stereocenters. The predicted molar refractivity (Wildman–Crippen MR) is 107 cm³/mol. The van der Waals surface area contributed by atoms with Crippen LogP contribution in [0.15, 0.2) is 48.5 Å². The number of aryl methyl sites for hydroxylation is 1. The molecule has 1 aliphatic heterocycles. The molecule has 0 aliphatic carbocycles. The Morgan fingerprint density at radius 1 is 0.792 bits per heavy atom. The van der Waals surface area contributed by atoms with Crippen LogP contribution in [0.25, 0.3) is 0 Å². The van der Waals surface area contributed by atoms with Gasteiger partial charge in [-0.05, 0) is 30.2 Å². The summed E-state index contributed by atoms with van der Waals surface area (Å²) < 4.78 is 0. The van der Waals surface area contributed by atoms with Crippen LogP contribution in [0.5, 0.6) is 0 Å². The van der Waals surface area contributed by atoms with Crippen LogP contribution in [-0.2, 0) is 13.1 Å². The monoisotopic (exact) mass is 367 g/mol. The van der Waals surface area contributed by atoms with Crippen molar-refractivity contribution in [2.45, 2.75) is 20.0 Å². The van der Waals surface area contributed by atoms with Crippen LogP contribution in [-0.4, -0.2) is 36.0 Å². The molecule has 0 spiro atoms. The van der Waals surface area contributed by atoms with Gasteiger partial charge in [0.2, 0.25) is 0 Å². The lowest BCUT2D eigenvalue weighted by Crippen LogP contribution is -2.45. The van der Waals surface area contributed by atoms with Gasteiger partial charge >= 0.3 is 0 Å². The third-order valence-corrected chi connectivity index (χ3v) is 4.31. The predicted octanol–water partition coefficient (Wildman–Crippen LogP) is 3.74. The highest BCUT2D eigenvalue weighted by atomic mass is 35.5. The van der Waals surface area contributed by atoms with E-state index in [-0.39, 0.29) is 24.8 Å². The van der Waals surface area contributed by atoms with Crippen molar-refractivity contribution in [3.63, 3.8) is 0 Å². The topological polar surface area (TPSA) is 32.5 Å². The largest absolute Gasteiger partial charge is 0.399 e. The van der Waals surface area contributed by atoms with Crippen LogP contribution in [0.3, 0.4) is 0 Å². The lowest BCUT2D eigenvalue weighted by Gasteiger charge is -2.34. The molecule has 1 aliphatic rings. The summed E-state index contributed by atoms with van der Waals surface area (Å²) >= 11 is 0. The second-order valence-corrected chi connectivity index (χ2v) is 6.29. The maximum atomic E-state index is 5.86. The van der Waals surface area contributed by atoms with Gasteiger partial charge in [0.15, 0.2) is 0 Å². The minimum atomic E-state index is 0. The van der Waals surface area contributed by atoms with E-state index in [9.17, 15) is 0 Å². The van der Waals surface area contributed by atoms with Crippen molar-refractivity contribution in [2.75, 3.05) is 31.9 Å². The van der Waals surface area contributed by atoms with Crippen LogP contribution in [0.4, 0.5) is 5.69 Å². The molecule has 0 saturated carbocycles. The Labute approximate surface area is 157 Å². The highest BCUT2D eigenvalue weighted by Crippen LogP contribution is 2.14. The first-order chi connectivity index (χ1) is 10.7. The smallest absolute Gasteiger partial charge is 0.0317 e. The third kappa shape index (κ3) is 5.99. The molecule has 2 N–H and O–H groups in total. The van der Waals surface area contributed by atoms with Crippen molar-refractivity contribution in [3.05, 3.63) is 65.2 Å². The van der Waals surface area contributed by atoms with E-state index in [2.05, 4.69) is 53.1 Å². The van der Waals surface area contributed by atoms with Crippen LogP contribution >= 0.6 is 24.8 Å². The van der Waals surface area contributed by atoms with E-state index >= 15 is 0 Å². The molecule has 1 saturated heterocycles. The Bertz CT molecular complexity index is 570. The van der Waals surface area contributed by atoms with E-state index in [1.165, 1.54) is 16.7 Å². The Morgan fingerprint density at radius 2 is 1.29 bits per heavy atom. The van der Waals surface area contributed by atoms with Crippen LogP contribution in [0.2, 0.25) is 0 Å². The first kappa shape index (κ1) is 20.8. The quantitative estimate of drug-likeness (QED) is 0.835. The molecule has 3 nitrogen and oxygen atoms in total. The highest BCUT2D eigenvalue weighted by molar-refractivity contribution is 5.85. The average Bonchev–Trinajstić information content (AvgIpc) is 2.49. The summed E-state index contributed by atoms with van der Waals surface area (Å²) in [5.41, 5.74) is 10.8. The number of nitrogen functional groups attached to an aromatic ring is 1. The maximum absolute atomic E-state index is 5.86. The van der Waals surface area contributed by atoms with Gasteiger partial charge in [-0.15, -0.1) is 24.8 Å². The molecule has 5 heteroatoms. The van der Waals surface area contributed by atoms with Crippen molar-refractivity contribution in [1.82, 2.24) is 9.80 Å². The number of piperazine rings is 1. The molecule has 0 unspecified atom stereocenters. The van der Waals surface area contributed by atoms with Gasteiger partial charge in [-0.3, -0.25) is 9.80 Å². The number of halogens is 2. The van der Waals surface area contributed by atoms with Crippen LogP contribution in [0.1, 0.15) is 16.7 Å². The second kappa shape index (κ2) is 9.90. The molecule has 0 aromatic heterocycles. The summed E-state index contributed by atoms with van der Waals surface area (Å²) in [5, 5.41) is 0. The molecule has 1 heterocycles. The lowest BCUT2D eigenvalue weighted by molar-refractivity contribution is 0.122. The Morgan fingerprint density at radius 3 is 1.79 bits per heavy atom. The van der Waals surface area contributed by atoms with Crippen molar-refractivity contribution < 1.29 is 0 Å². The summed E-state index contributed by atoms with van der Waals surface area (Å²) in [6.07, 6.45) is 0. The van der Waals surface area contributed by atoms with Gasteiger partial charge in [0.1, 0.15) is 0 Å². The molecular weight excluding hydrogens is 341 g/mol. The number of hydrogen-bond acceptors (Lipinski definition) is 3. The standard InChI is InChI=1S/C19H25N3.2ClH/c1-16-4-2-5-17(12-16)14-21-8-10-22(11-9-21)15-18-6-3-7-19(20)13-18;;/h2-7,12-13H,8-11,14-15,20H2,1H3;2*1H. The molecule has 0 bridgehead atoms. The zero-order valence-electron chi connectivity index (χ0n) is 14.1. The number of nitrogens with zero attached hydrogens (tertiary/aromatic N) is 2. The third-order valence-electron chi connectivity index (χ3n) is 4.31. The Kier molecular flexibility index (Phi) is 8.57. The fourth-order valence-electron chi connectivity index (χ4n) is 3.12. The van der Waals surface area contributed by atoms with E-state index < -0.39 is 0 Å². The highest BCUT2D eigenvalue weighted by Gasteiger charge is 2.17. The molecular formula is C19H27Cl2N3. The van der Waals surface area contributed by atoms with Gasteiger partial charge in [-0.1, -0.05) is 42.0 Å². The summed E-state index contributed by atoms with van der Waals surface area (Å²) in [5.74, 6) is 0. The molecule has 24 heavy (non-hydrogen) atoms. The SMILES string of the molecule is Cc1cccc(CN2CCN(Cc3cccc(N)c3)CC2)c1.Cl.Cl. The zero-order valence-corrected chi connectivity index (χ0v) is 15.8. The van der Waals surface area contributed by atoms with E-state index in [4.69, 9.17) is 5.73 Å². The number of nitrogens with two attached hydrogens (primary N) is 1. The van der Waals surface area contributed by atoms with Gasteiger partial charge in [0.05, 0.1) is 0 Å². The number of anilines is 1. The number of benzene rings is 2. The number of hydrogen-bond donors (Lipinski definition) is 1. The molecule has 132 valence electrons. The summed E-state index contributed by atoms with van der Waals surface area (Å²) in [7, 11) is 0. The summed E-state index contributed by atoms with van der Waals surface area (Å²) in [6, 6.07) is 17.1. The number of rotatable bonds is 4. The van der Waals surface area contributed by atoms with Gasteiger partial charge in [-0.2, -0.15) is 0 Å². The zero-order chi connectivity index (χ0) is 15.4. The maximum Gasteiger partial charge on any atom is 0.0317 e. The molecule has 1 fully saturated rings. The van der Waals surface area contributed by atoms with Crippen LogP contribution < -0.4 is 5.73 Å². The summed E-state index contributed by atoms with van der Waals surface area (Å²) in [4.78, 5) is 5.06. The molecule has 2 aromatic rings. The summed E-state index contributed by atoms with van der Waals surface area (Å²) in [6.45, 7) is 8.75. The van der Waals surface area contributed by atoms with Crippen molar-refractivity contribution in [1.29, 1.82) is 0 Å². The lowest BCUT2D eigenvalue weighted by atomic mass is 10.1. The van der Waals surface area contributed by atoms with E-state index in [1.807, 2.05) is 12.1 Å². The van der Waals surface area contributed by atoms with Crippen molar-refractivity contribution >= 4 is 30.5 Å². The minimum Gasteiger partial charge on any atom is -0.399 e. The van der Waals surface area contributed by atoms with E-state index in [0.29, 0.717) is 0 Å². The van der Waals surface area contributed by atoms with E-state index in [1.54, 1.807) is 0 Å². The fourth-order valence-corrected chi connectivity index (χ4v) is 3.12. The first-order valence-corrected chi connectivity index (χ1v) is 8.04. The van der Waals surface area contributed by atoms with Crippen LogP contribution in [0, 0.1) is 6.92 Å². The Hall–Kier alpha value is -1.26. The van der Waals surface area contributed by atoms with Gasteiger partial charge in [0, 0.05) is 45.0 Å². The van der Waals surface area contributed by atoms with Gasteiger partial charge in [-0.25, -0.2) is 0 Å².